The van der Waals surface area contributed by atoms with Crippen LogP contribution in [0.15, 0.2) is 17.6 Å². The summed E-state index contributed by atoms with van der Waals surface area (Å²) in [5.41, 5.74) is 0. The van der Waals surface area contributed by atoms with Gasteiger partial charge in [-0.25, -0.2) is 0 Å². The second kappa shape index (κ2) is 11.3. The summed E-state index contributed by atoms with van der Waals surface area (Å²) in [4.78, 5) is 7.39. The van der Waals surface area contributed by atoms with Crippen LogP contribution in [-0.4, -0.2) is 69.3 Å². The molecule has 130 valence electrons. The third-order valence-corrected chi connectivity index (χ3v) is 3.20. The van der Waals surface area contributed by atoms with Gasteiger partial charge in [0.2, 0.25) is 0 Å². The fraction of sp³-hybridized carbons (Fsp3) is 0.800. The van der Waals surface area contributed by atoms with Crippen LogP contribution in [0.1, 0.15) is 25.7 Å². The van der Waals surface area contributed by atoms with E-state index < -0.39 is 12.7 Å². The molecule has 0 radical (unpaired) electrons. The molecule has 0 aliphatic heterocycles. The number of allylic oxidation sites excluding steroid dienone is 1. The van der Waals surface area contributed by atoms with Gasteiger partial charge in [-0.1, -0.05) is 12.5 Å². The molecule has 0 amide bonds. The van der Waals surface area contributed by atoms with Crippen molar-refractivity contribution in [3.05, 3.63) is 12.7 Å². The molecule has 0 aliphatic rings. The Kier molecular flexibility index (Phi) is 10.7. The summed E-state index contributed by atoms with van der Waals surface area (Å²) < 4.78 is 36.6. The second-order valence-electron chi connectivity index (χ2n) is 5.39. The van der Waals surface area contributed by atoms with Crippen molar-refractivity contribution in [1.29, 1.82) is 0 Å². The standard InChI is InChI=1S/C15H29F3N4/c1-5-6-7-8-9-11-22(4)14(19-2)20-10-12-21(3)13-15(16,17)18/h5H,1,6-13H2,2-4H3,(H,19,20). The fourth-order valence-electron chi connectivity index (χ4n) is 2.05. The lowest BCUT2D eigenvalue weighted by molar-refractivity contribution is -0.142. The molecule has 4 nitrogen and oxygen atoms in total. The predicted molar refractivity (Wildman–Crippen MR) is 86.2 cm³/mol. The Morgan fingerprint density at radius 2 is 1.86 bits per heavy atom. The first-order valence-electron chi connectivity index (χ1n) is 7.58. The first-order chi connectivity index (χ1) is 10.3. The van der Waals surface area contributed by atoms with Gasteiger partial charge in [0.25, 0.3) is 0 Å². The summed E-state index contributed by atoms with van der Waals surface area (Å²) in [7, 11) is 5.07. The van der Waals surface area contributed by atoms with E-state index in [2.05, 4.69) is 16.9 Å². The van der Waals surface area contributed by atoms with Crippen molar-refractivity contribution in [2.45, 2.75) is 31.9 Å². The normalized spacial score (nSPS) is 12.6. The molecule has 0 saturated heterocycles. The quantitative estimate of drug-likeness (QED) is 0.290. The van der Waals surface area contributed by atoms with Gasteiger partial charge >= 0.3 is 6.18 Å². The molecule has 1 N–H and O–H groups in total. The third-order valence-electron chi connectivity index (χ3n) is 3.20. The Morgan fingerprint density at radius 3 is 2.41 bits per heavy atom. The van der Waals surface area contributed by atoms with E-state index in [1.54, 1.807) is 7.05 Å². The van der Waals surface area contributed by atoms with Gasteiger partial charge in [0.05, 0.1) is 6.54 Å². The lowest BCUT2D eigenvalue weighted by Crippen LogP contribution is -2.43. The molecule has 0 rings (SSSR count). The van der Waals surface area contributed by atoms with Crippen molar-refractivity contribution in [2.24, 2.45) is 4.99 Å². The van der Waals surface area contributed by atoms with E-state index in [1.165, 1.54) is 11.9 Å². The molecule has 7 heteroatoms. The number of likely N-dealkylation sites (N-methyl/N-ethyl adjacent to an activating group) is 1. The second-order valence-corrected chi connectivity index (χ2v) is 5.39. The number of guanidine groups is 1. The lowest BCUT2D eigenvalue weighted by Gasteiger charge is -2.24. The topological polar surface area (TPSA) is 30.9 Å². The first-order valence-corrected chi connectivity index (χ1v) is 7.58. The lowest BCUT2D eigenvalue weighted by atomic mass is 10.2. The SMILES string of the molecule is C=CCCCCCN(C)C(=NC)NCCN(C)CC(F)(F)F. The number of alkyl halides is 3. The van der Waals surface area contributed by atoms with E-state index in [0.29, 0.717) is 19.0 Å². The molecule has 0 saturated carbocycles. The highest BCUT2D eigenvalue weighted by Crippen LogP contribution is 2.14. The molecule has 0 aromatic rings. The average Bonchev–Trinajstić information content (AvgIpc) is 2.41. The number of aliphatic imine (C=N–C) groups is 1. The van der Waals surface area contributed by atoms with Crippen molar-refractivity contribution in [3.63, 3.8) is 0 Å². The van der Waals surface area contributed by atoms with Crippen LogP contribution in [0.5, 0.6) is 0 Å². The number of nitrogens with zero attached hydrogens (tertiary/aromatic N) is 3. The molecule has 0 fully saturated rings. The molecule has 0 aromatic heterocycles. The molecule has 0 heterocycles. The maximum Gasteiger partial charge on any atom is 0.401 e. The number of halogens is 3. The van der Waals surface area contributed by atoms with E-state index in [0.717, 1.165) is 32.2 Å². The van der Waals surface area contributed by atoms with Gasteiger partial charge in [-0.2, -0.15) is 13.2 Å². The highest BCUT2D eigenvalue weighted by atomic mass is 19.4. The predicted octanol–water partition coefficient (Wildman–Crippen LogP) is 2.73. The molecule has 0 atom stereocenters. The number of hydrogen-bond acceptors (Lipinski definition) is 2. The van der Waals surface area contributed by atoms with Crippen molar-refractivity contribution in [3.8, 4) is 0 Å². The van der Waals surface area contributed by atoms with E-state index in [-0.39, 0.29) is 0 Å². The zero-order valence-electron chi connectivity index (χ0n) is 13.9. The van der Waals surface area contributed by atoms with Gasteiger partial charge in [0, 0.05) is 33.7 Å². The van der Waals surface area contributed by atoms with Crippen LogP contribution in [0.25, 0.3) is 0 Å². The fourth-order valence-corrected chi connectivity index (χ4v) is 2.05. The molecule has 0 aliphatic carbocycles. The van der Waals surface area contributed by atoms with Gasteiger partial charge in [-0.3, -0.25) is 9.89 Å². The summed E-state index contributed by atoms with van der Waals surface area (Å²) in [5.74, 6) is 0.712. The molecular weight excluding hydrogens is 293 g/mol. The van der Waals surface area contributed by atoms with Crippen molar-refractivity contribution in [1.82, 2.24) is 15.1 Å². The summed E-state index contributed by atoms with van der Waals surface area (Å²) in [5, 5.41) is 3.09. The molecule has 0 spiro atoms. The number of rotatable bonds is 10. The van der Waals surface area contributed by atoms with Crippen LogP contribution in [0.4, 0.5) is 13.2 Å². The minimum Gasteiger partial charge on any atom is -0.355 e. The molecular formula is C15H29F3N4. The summed E-state index contributed by atoms with van der Waals surface area (Å²) >= 11 is 0. The zero-order valence-corrected chi connectivity index (χ0v) is 13.9. The Balaban J connectivity index is 3.93. The molecule has 0 unspecified atom stereocenters. The monoisotopic (exact) mass is 322 g/mol. The molecule has 0 bridgehead atoms. The Labute approximate surface area is 132 Å². The van der Waals surface area contributed by atoms with Crippen LogP contribution >= 0.6 is 0 Å². The first kappa shape index (κ1) is 20.8. The Morgan fingerprint density at radius 1 is 1.18 bits per heavy atom. The van der Waals surface area contributed by atoms with E-state index in [9.17, 15) is 13.2 Å². The largest absolute Gasteiger partial charge is 0.401 e. The average molecular weight is 322 g/mol. The highest BCUT2D eigenvalue weighted by Gasteiger charge is 2.28. The number of nitrogens with one attached hydrogen (secondary N) is 1. The smallest absolute Gasteiger partial charge is 0.355 e. The van der Waals surface area contributed by atoms with Crippen LogP contribution in [0.3, 0.4) is 0 Å². The van der Waals surface area contributed by atoms with Gasteiger partial charge < -0.3 is 10.2 Å². The Hall–Kier alpha value is -1.24. The number of unbranched alkanes of at least 4 members (excludes halogenated alkanes) is 3. The van der Waals surface area contributed by atoms with Crippen molar-refractivity contribution in [2.75, 3.05) is 47.3 Å². The van der Waals surface area contributed by atoms with Crippen LogP contribution < -0.4 is 5.32 Å². The molecule has 22 heavy (non-hydrogen) atoms. The summed E-state index contributed by atoms with van der Waals surface area (Å²) in [6, 6.07) is 0. The van der Waals surface area contributed by atoms with Gasteiger partial charge in [0.1, 0.15) is 0 Å². The summed E-state index contributed by atoms with van der Waals surface area (Å²) in [6.07, 6.45) is 2.11. The third kappa shape index (κ3) is 11.4. The van der Waals surface area contributed by atoms with Gasteiger partial charge in [0.15, 0.2) is 5.96 Å². The van der Waals surface area contributed by atoms with Crippen LogP contribution in [-0.2, 0) is 0 Å². The highest BCUT2D eigenvalue weighted by molar-refractivity contribution is 5.79. The Bertz CT molecular complexity index is 329. The minimum atomic E-state index is -4.15. The van der Waals surface area contributed by atoms with Crippen molar-refractivity contribution >= 4 is 5.96 Å². The molecule has 0 aromatic carbocycles. The van der Waals surface area contributed by atoms with E-state index >= 15 is 0 Å². The van der Waals surface area contributed by atoms with Gasteiger partial charge in [-0.15, -0.1) is 6.58 Å². The maximum absolute atomic E-state index is 12.2. The van der Waals surface area contributed by atoms with Crippen LogP contribution in [0.2, 0.25) is 0 Å². The van der Waals surface area contributed by atoms with E-state index in [4.69, 9.17) is 0 Å². The minimum absolute atomic E-state index is 0.311. The van der Waals surface area contributed by atoms with Crippen LogP contribution in [0, 0.1) is 0 Å². The maximum atomic E-state index is 12.2. The summed E-state index contributed by atoms with van der Waals surface area (Å²) in [6.45, 7) is 4.41. The van der Waals surface area contributed by atoms with Gasteiger partial charge in [-0.05, 0) is 26.3 Å². The number of hydrogen-bond donors (Lipinski definition) is 1. The van der Waals surface area contributed by atoms with Crippen molar-refractivity contribution < 1.29 is 13.2 Å². The zero-order chi connectivity index (χ0) is 17.0. The van der Waals surface area contributed by atoms with E-state index in [1.807, 2.05) is 18.0 Å².